The highest BCUT2D eigenvalue weighted by Crippen LogP contribution is 2.26. The Hall–Kier alpha value is -1.10. The van der Waals surface area contributed by atoms with Crippen LogP contribution < -0.4 is 0 Å². The molecule has 3 aromatic rings. The topological polar surface area (TPSA) is 30.2 Å². The van der Waals surface area contributed by atoms with Crippen LogP contribution in [0.3, 0.4) is 0 Å². The molecule has 0 N–H and O–H groups in total. The maximum absolute atomic E-state index is 6.40. The molecule has 0 radical (unpaired) electrons. The summed E-state index contributed by atoms with van der Waals surface area (Å²) in [5.41, 5.74) is 4.61. The molecule has 3 heterocycles. The highest BCUT2D eigenvalue weighted by Gasteiger charge is 2.14. The van der Waals surface area contributed by atoms with Crippen LogP contribution in [0.2, 0.25) is 5.15 Å². The lowest BCUT2D eigenvalue weighted by atomic mass is 10.2. The van der Waals surface area contributed by atoms with Crippen molar-refractivity contribution >= 4 is 40.2 Å². The lowest BCUT2D eigenvalue weighted by molar-refractivity contribution is 0.900. The van der Waals surface area contributed by atoms with Gasteiger partial charge < -0.3 is 0 Å². The van der Waals surface area contributed by atoms with Gasteiger partial charge >= 0.3 is 0 Å². The standard InChI is InChI=1S/C13H11Cl2N3S/c1-8-10(2-4-14)13(15)18-12(16-8)6-11(17-18)9-3-5-19-7-9/h3,5-7H,2,4H2,1H3. The van der Waals surface area contributed by atoms with E-state index in [9.17, 15) is 0 Å². The molecule has 3 nitrogen and oxygen atoms in total. The van der Waals surface area contributed by atoms with Crippen LogP contribution in [0.4, 0.5) is 0 Å². The quantitative estimate of drug-likeness (QED) is 0.536. The molecule has 0 atom stereocenters. The largest absolute Gasteiger partial charge is 0.233 e. The minimum atomic E-state index is 0.520. The summed E-state index contributed by atoms with van der Waals surface area (Å²) in [6.45, 7) is 1.95. The fourth-order valence-corrected chi connectivity index (χ4v) is 3.24. The molecular formula is C13H11Cl2N3S. The second kappa shape index (κ2) is 5.12. The van der Waals surface area contributed by atoms with Crippen LogP contribution in [-0.4, -0.2) is 20.5 Å². The number of aromatic nitrogens is 3. The summed E-state index contributed by atoms with van der Waals surface area (Å²) in [5.74, 6) is 0.520. The van der Waals surface area contributed by atoms with Crippen molar-refractivity contribution in [3.05, 3.63) is 39.3 Å². The zero-order valence-corrected chi connectivity index (χ0v) is 12.6. The van der Waals surface area contributed by atoms with Gasteiger partial charge in [0.25, 0.3) is 0 Å². The van der Waals surface area contributed by atoms with Gasteiger partial charge in [0.1, 0.15) is 5.15 Å². The van der Waals surface area contributed by atoms with Crippen molar-refractivity contribution in [1.82, 2.24) is 14.6 Å². The monoisotopic (exact) mass is 311 g/mol. The summed E-state index contributed by atoms with van der Waals surface area (Å²) < 4.78 is 1.68. The molecule has 6 heteroatoms. The number of hydrogen-bond donors (Lipinski definition) is 0. The number of hydrogen-bond acceptors (Lipinski definition) is 3. The third kappa shape index (κ3) is 2.24. The summed E-state index contributed by atoms with van der Waals surface area (Å²) >= 11 is 13.9. The Morgan fingerprint density at radius 1 is 1.42 bits per heavy atom. The Kier molecular flexibility index (Phi) is 3.48. The SMILES string of the molecule is Cc1nc2cc(-c3ccsc3)nn2c(Cl)c1CCCl. The molecule has 3 rings (SSSR count). The highest BCUT2D eigenvalue weighted by molar-refractivity contribution is 7.08. The van der Waals surface area contributed by atoms with Gasteiger partial charge in [0.15, 0.2) is 5.65 Å². The Morgan fingerprint density at radius 2 is 2.26 bits per heavy atom. The lowest BCUT2D eigenvalue weighted by Crippen LogP contribution is -2.03. The van der Waals surface area contributed by atoms with Crippen molar-refractivity contribution in [1.29, 1.82) is 0 Å². The second-order valence-corrected chi connectivity index (χ2v) is 5.73. The molecule has 0 aliphatic heterocycles. The van der Waals surface area contributed by atoms with E-state index in [1.165, 1.54) is 0 Å². The first-order valence-electron chi connectivity index (χ1n) is 5.84. The fraction of sp³-hybridized carbons (Fsp3) is 0.231. The molecule has 98 valence electrons. The summed E-state index contributed by atoms with van der Waals surface area (Å²) in [6, 6.07) is 3.98. The van der Waals surface area contributed by atoms with Crippen LogP contribution >= 0.6 is 34.5 Å². The molecule has 19 heavy (non-hydrogen) atoms. The van der Waals surface area contributed by atoms with Crippen molar-refractivity contribution in [2.75, 3.05) is 5.88 Å². The Morgan fingerprint density at radius 3 is 2.95 bits per heavy atom. The Labute approximate surface area is 124 Å². The minimum absolute atomic E-state index is 0.520. The number of fused-ring (bicyclic) bond motifs is 1. The lowest BCUT2D eigenvalue weighted by Gasteiger charge is -2.07. The molecule has 0 spiro atoms. The van der Waals surface area contributed by atoms with Gasteiger partial charge in [0.2, 0.25) is 0 Å². The van der Waals surface area contributed by atoms with E-state index >= 15 is 0 Å². The van der Waals surface area contributed by atoms with E-state index < -0.39 is 0 Å². The maximum atomic E-state index is 6.40. The molecule has 0 unspecified atom stereocenters. The predicted octanol–water partition coefficient (Wildman–Crippen LogP) is 4.20. The molecule has 0 fully saturated rings. The van der Waals surface area contributed by atoms with E-state index in [0.717, 1.165) is 28.2 Å². The van der Waals surface area contributed by atoms with Gasteiger partial charge in [-0.15, -0.1) is 11.6 Å². The summed E-state index contributed by atoms with van der Waals surface area (Å²) in [6.07, 6.45) is 0.697. The van der Waals surface area contributed by atoms with Gasteiger partial charge in [-0.1, -0.05) is 11.6 Å². The molecule has 0 amide bonds. The normalized spacial score (nSPS) is 11.3. The third-order valence-corrected chi connectivity index (χ3v) is 4.27. The average Bonchev–Trinajstić information content (AvgIpc) is 3.02. The molecule has 0 aliphatic rings. The zero-order valence-electron chi connectivity index (χ0n) is 10.2. The first kappa shape index (κ1) is 12.9. The van der Waals surface area contributed by atoms with Crippen molar-refractivity contribution in [2.45, 2.75) is 13.3 Å². The maximum Gasteiger partial charge on any atom is 0.157 e. The van der Waals surface area contributed by atoms with Crippen LogP contribution in [0, 0.1) is 6.92 Å². The second-order valence-electron chi connectivity index (χ2n) is 4.22. The molecule has 0 aromatic carbocycles. The van der Waals surface area contributed by atoms with Crippen molar-refractivity contribution in [3.63, 3.8) is 0 Å². The number of alkyl halides is 1. The van der Waals surface area contributed by atoms with E-state index in [1.54, 1.807) is 15.9 Å². The minimum Gasteiger partial charge on any atom is -0.233 e. The Balaban J connectivity index is 2.20. The number of rotatable bonds is 3. The van der Waals surface area contributed by atoms with Crippen LogP contribution in [0.25, 0.3) is 16.9 Å². The number of halogens is 2. The number of thiophene rings is 1. The van der Waals surface area contributed by atoms with Gasteiger partial charge in [-0.3, -0.25) is 0 Å². The third-order valence-electron chi connectivity index (χ3n) is 3.01. The molecule has 3 aromatic heterocycles. The van der Waals surface area contributed by atoms with Crippen molar-refractivity contribution in [2.24, 2.45) is 0 Å². The zero-order chi connectivity index (χ0) is 13.4. The Bertz CT molecular complexity index is 719. The molecule has 0 aliphatic carbocycles. The number of aryl methyl sites for hydroxylation is 1. The molecule has 0 saturated carbocycles. The van der Waals surface area contributed by atoms with Gasteiger partial charge in [-0.25, -0.2) is 9.50 Å². The summed E-state index contributed by atoms with van der Waals surface area (Å²) in [4.78, 5) is 4.55. The van der Waals surface area contributed by atoms with Crippen LogP contribution in [-0.2, 0) is 6.42 Å². The van der Waals surface area contributed by atoms with E-state index in [2.05, 4.69) is 15.5 Å². The average molecular weight is 312 g/mol. The molecule has 0 saturated heterocycles. The van der Waals surface area contributed by atoms with Crippen molar-refractivity contribution < 1.29 is 0 Å². The van der Waals surface area contributed by atoms with Crippen LogP contribution in [0.15, 0.2) is 22.9 Å². The summed E-state index contributed by atoms with van der Waals surface area (Å²) in [5, 5.41) is 9.21. The molecule has 0 bridgehead atoms. The van der Waals surface area contributed by atoms with Crippen LogP contribution in [0.5, 0.6) is 0 Å². The molecular weight excluding hydrogens is 301 g/mol. The number of nitrogens with zero attached hydrogens (tertiary/aromatic N) is 3. The predicted molar refractivity (Wildman–Crippen MR) is 80.5 cm³/mol. The van der Waals surface area contributed by atoms with E-state index in [1.807, 2.05) is 24.4 Å². The highest BCUT2D eigenvalue weighted by atomic mass is 35.5. The van der Waals surface area contributed by atoms with Gasteiger partial charge in [0.05, 0.1) is 5.69 Å². The van der Waals surface area contributed by atoms with E-state index in [4.69, 9.17) is 23.2 Å². The van der Waals surface area contributed by atoms with E-state index in [-0.39, 0.29) is 0 Å². The van der Waals surface area contributed by atoms with Gasteiger partial charge in [-0.05, 0) is 24.8 Å². The van der Waals surface area contributed by atoms with E-state index in [0.29, 0.717) is 17.5 Å². The van der Waals surface area contributed by atoms with Gasteiger partial charge in [-0.2, -0.15) is 16.4 Å². The first-order valence-corrected chi connectivity index (χ1v) is 7.69. The van der Waals surface area contributed by atoms with Crippen molar-refractivity contribution in [3.8, 4) is 11.3 Å². The van der Waals surface area contributed by atoms with Crippen LogP contribution in [0.1, 0.15) is 11.3 Å². The smallest absolute Gasteiger partial charge is 0.157 e. The fourth-order valence-electron chi connectivity index (χ4n) is 2.04. The summed E-state index contributed by atoms with van der Waals surface area (Å²) in [7, 11) is 0. The first-order chi connectivity index (χ1) is 9.20. The van der Waals surface area contributed by atoms with Gasteiger partial charge in [0, 0.05) is 34.1 Å².